The van der Waals surface area contributed by atoms with Crippen LogP contribution in [-0.2, 0) is 24.3 Å². The summed E-state index contributed by atoms with van der Waals surface area (Å²) in [5, 5.41) is 3.80. The quantitative estimate of drug-likeness (QED) is 0.418. The van der Waals surface area contributed by atoms with Crippen molar-refractivity contribution in [3.8, 4) is 0 Å². The summed E-state index contributed by atoms with van der Waals surface area (Å²) < 4.78 is 35.4. The molecule has 3 N–H and O–H groups in total. The van der Waals surface area contributed by atoms with E-state index in [0.717, 1.165) is 19.4 Å². The molecule has 2 bridgehead atoms. The van der Waals surface area contributed by atoms with Crippen LogP contribution >= 0.6 is 0 Å². The summed E-state index contributed by atoms with van der Waals surface area (Å²) >= 11 is 0. The zero-order chi connectivity index (χ0) is 19.1. The molecule has 3 aliphatic heterocycles. The number of piperidine rings is 2. The molecule has 0 saturated carbocycles. The minimum Gasteiger partial charge on any atom is -0.314 e. The molecule has 0 aromatic heterocycles. The van der Waals surface area contributed by atoms with Gasteiger partial charge in [0, 0.05) is 13.1 Å². The van der Waals surface area contributed by atoms with Gasteiger partial charge in [0.15, 0.2) is 0 Å². The lowest BCUT2D eigenvalue weighted by Gasteiger charge is -2.40. The predicted molar refractivity (Wildman–Crippen MR) is 87.7 cm³/mol. The van der Waals surface area contributed by atoms with Gasteiger partial charge < -0.3 is 10.2 Å². The second kappa shape index (κ2) is 6.93. The van der Waals surface area contributed by atoms with E-state index in [1.807, 2.05) is 0 Å². The highest BCUT2D eigenvalue weighted by Gasteiger charge is 2.57. The Morgan fingerprint density at radius 3 is 2.77 bits per heavy atom. The number of hydroxylamine groups is 3. The molecule has 3 amide bonds. The number of hydrogen-bond donors (Lipinski definition) is 3. The summed E-state index contributed by atoms with van der Waals surface area (Å²) in [4.78, 5) is 31.7. The molecular formula is C14H24N4O7S. The van der Waals surface area contributed by atoms with E-state index in [-0.39, 0.29) is 12.6 Å². The molecule has 3 heterocycles. The van der Waals surface area contributed by atoms with Crippen molar-refractivity contribution in [2.45, 2.75) is 51.3 Å². The maximum Gasteiger partial charge on any atom is 0.418 e. The molecule has 3 saturated heterocycles. The summed E-state index contributed by atoms with van der Waals surface area (Å²) in [6.07, 6.45) is 1.94. The van der Waals surface area contributed by atoms with E-state index in [4.69, 9.17) is 9.39 Å². The highest BCUT2D eigenvalue weighted by Crippen LogP contribution is 2.42. The Labute approximate surface area is 151 Å². The molecule has 148 valence electrons. The summed E-state index contributed by atoms with van der Waals surface area (Å²) in [5.74, 6) is -0.468. The molecule has 0 aliphatic carbocycles. The van der Waals surface area contributed by atoms with E-state index in [2.05, 4.69) is 15.1 Å². The van der Waals surface area contributed by atoms with Crippen molar-refractivity contribution in [2.24, 2.45) is 5.41 Å². The number of amides is 3. The van der Waals surface area contributed by atoms with E-state index in [1.165, 1.54) is 4.90 Å². The molecule has 1 unspecified atom stereocenters. The smallest absolute Gasteiger partial charge is 0.314 e. The van der Waals surface area contributed by atoms with Gasteiger partial charge in [-0.15, -0.1) is 4.28 Å². The number of nitrogens with one attached hydrogen (secondary N) is 2. The average Bonchev–Trinajstić information content (AvgIpc) is 2.84. The highest BCUT2D eigenvalue weighted by molar-refractivity contribution is 7.80. The summed E-state index contributed by atoms with van der Waals surface area (Å²) in [5.41, 5.74) is 1.82. The minimum absolute atomic E-state index is 0.116. The minimum atomic E-state index is -4.85. The van der Waals surface area contributed by atoms with Crippen LogP contribution in [0, 0.1) is 5.41 Å². The van der Waals surface area contributed by atoms with Crippen molar-refractivity contribution >= 4 is 22.3 Å². The van der Waals surface area contributed by atoms with Crippen molar-refractivity contribution in [2.75, 3.05) is 19.6 Å². The Hall–Kier alpha value is -1.47. The van der Waals surface area contributed by atoms with Gasteiger partial charge in [0.25, 0.3) is 5.91 Å². The van der Waals surface area contributed by atoms with E-state index in [1.54, 1.807) is 13.8 Å². The van der Waals surface area contributed by atoms with Gasteiger partial charge in [-0.1, -0.05) is 13.8 Å². The monoisotopic (exact) mass is 392 g/mol. The molecule has 12 heteroatoms. The molecule has 0 radical (unpaired) electrons. The van der Waals surface area contributed by atoms with Crippen molar-refractivity contribution in [3.05, 3.63) is 0 Å². The van der Waals surface area contributed by atoms with Crippen LogP contribution in [0.3, 0.4) is 0 Å². The van der Waals surface area contributed by atoms with Crippen LogP contribution in [0.5, 0.6) is 0 Å². The topological polar surface area (TPSA) is 138 Å². The fraction of sp³-hybridized carbons (Fsp3) is 0.857. The van der Waals surface area contributed by atoms with Crippen molar-refractivity contribution in [3.63, 3.8) is 0 Å². The third kappa shape index (κ3) is 3.93. The van der Waals surface area contributed by atoms with Crippen LogP contribution in [0.2, 0.25) is 0 Å². The van der Waals surface area contributed by atoms with Crippen LogP contribution < -0.4 is 10.8 Å². The molecule has 0 spiro atoms. The maximum absolute atomic E-state index is 12.6. The summed E-state index contributed by atoms with van der Waals surface area (Å²) in [6, 6.07) is -2.21. The second-order valence-electron chi connectivity index (χ2n) is 7.54. The van der Waals surface area contributed by atoms with Gasteiger partial charge >= 0.3 is 16.4 Å². The first kappa shape index (κ1) is 19.3. The lowest BCUT2D eigenvalue weighted by molar-refractivity contribution is -0.146. The molecule has 0 aromatic rings. The Morgan fingerprint density at radius 2 is 2.15 bits per heavy atom. The van der Waals surface area contributed by atoms with Crippen LogP contribution in [0.4, 0.5) is 4.79 Å². The molecule has 3 aliphatic rings. The molecule has 11 nitrogen and oxygen atoms in total. The first-order chi connectivity index (χ1) is 12.1. The first-order valence-electron chi connectivity index (χ1n) is 8.51. The van der Waals surface area contributed by atoms with Gasteiger partial charge in [0.05, 0.1) is 12.1 Å². The number of hydrogen-bond acceptors (Lipinski definition) is 7. The summed E-state index contributed by atoms with van der Waals surface area (Å²) in [6.45, 7) is 5.28. The number of carbonyl (C=O) groups is 2. The fourth-order valence-corrected chi connectivity index (χ4v) is 4.09. The average molecular weight is 392 g/mol. The lowest BCUT2D eigenvalue weighted by atomic mass is 9.76. The number of nitrogens with zero attached hydrogens (tertiary/aromatic N) is 2. The molecule has 3 atom stereocenters. The zero-order valence-corrected chi connectivity index (χ0v) is 15.5. The Balaban J connectivity index is 1.69. The number of carbonyl (C=O) groups excluding carboxylic acids is 2. The van der Waals surface area contributed by atoms with E-state index in [0.29, 0.717) is 18.0 Å². The van der Waals surface area contributed by atoms with Gasteiger partial charge in [-0.05, 0) is 31.2 Å². The van der Waals surface area contributed by atoms with Gasteiger partial charge in [-0.3, -0.25) is 14.2 Å². The van der Waals surface area contributed by atoms with Crippen LogP contribution in [-0.4, -0.2) is 72.7 Å². The first-order valence-corrected chi connectivity index (χ1v) is 9.88. The van der Waals surface area contributed by atoms with Gasteiger partial charge in [0.1, 0.15) is 6.04 Å². The molecule has 26 heavy (non-hydrogen) atoms. The standard InChI is InChI=1S/C14H24N4O7S/c1-14(2)6-10(12(19)16-24-9-4-3-5-15-7-9)17-8-11(14)18(13(17)20)25-26(21,22)23/h9-11,15H,3-8H2,1-2H3,(H,16,19)(H,21,22,23)/t9?,10-,11-/m0/s1. The Kier molecular flexibility index (Phi) is 5.14. The molecule has 3 fully saturated rings. The van der Waals surface area contributed by atoms with Crippen LogP contribution in [0.25, 0.3) is 0 Å². The van der Waals surface area contributed by atoms with Crippen molar-refractivity contribution in [1.82, 2.24) is 20.8 Å². The lowest BCUT2D eigenvalue weighted by Crippen LogP contribution is -2.55. The molecular weight excluding hydrogens is 368 g/mol. The Bertz CT molecular complexity index is 677. The molecule has 3 rings (SSSR count). The largest absolute Gasteiger partial charge is 0.418 e. The molecule has 0 aromatic carbocycles. The van der Waals surface area contributed by atoms with Crippen LogP contribution in [0.15, 0.2) is 0 Å². The van der Waals surface area contributed by atoms with Gasteiger partial charge in [-0.25, -0.2) is 10.3 Å². The van der Waals surface area contributed by atoms with E-state index < -0.39 is 39.8 Å². The van der Waals surface area contributed by atoms with Crippen molar-refractivity contribution < 1.29 is 31.7 Å². The highest BCUT2D eigenvalue weighted by atomic mass is 32.3. The van der Waals surface area contributed by atoms with Gasteiger partial charge in [-0.2, -0.15) is 13.5 Å². The third-order valence-corrected chi connectivity index (χ3v) is 5.49. The van der Waals surface area contributed by atoms with Gasteiger partial charge in [0.2, 0.25) is 0 Å². The number of fused-ring (bicyclic) bond motifs is 2. The number of urea groups is 1. The number of rotatable bonds is 5. The third-order valence-electron chi connectivity index (χ3n) is 5.14. The second-order valence-corrected chi connectivity index (χ2v) is 8.54. The predicted octanol–water partition coefficient (Wildman–Crippen LogP) is -0.575. The maximum atomic E-state index is 12.6. The summed E-state index contributed by atoms with van der Waals surface area (Å²) in [7, 11) is -4.85. The van der Waals surface area contributed by atoms with E-state index in [9.17, 15) is 18.0 Å². The van der Waals surface area contributed by atoms with E-state index >= 15 is 0 Å². The SMILES string of the molecule is CC1(C)C[C@@H](C(=O)NOC2CCCNC2)N2C[C@@H]1N(OS(=O)(=O)O)C2=O. The van der Waals surface area contributed by atoms with Crippen molar-refractivity contribution in [1.29, 1.82) is 0 Å². The normalized spacial score (nSPS) is 31.2. The Morgan fingerprint density at radius 1 is 1.42 bits per heavy atom. The fourth-order valence-electron chi connectivity index (χ4n) is 3.72. The zero-order valence-electron chi connectivity index (χ0n) is 14.7. The van der Waals surface area contributed by atoms with Crippen LogP contribution in [0.1, 0.15) is 33.1 Å².